The minimum atomic E-state index is -0.250. The number of hydrogen-bond acceptors (Lipinski definition) is 1. The first-order valence-electron chi connectivity index (χ1n) is 8.24. The second kappa shape index (κ2) is 17.1. The summed E-state index contributed by atoms with van der Waals surface area (Å²) in [5.74, 6) is 0. The summed E-state index contributed by atoms with van der Waals surface area (Å²) < 4.78 is 0. The Morgan fingerprint density at radius 2 is 1.48 bits per heavy atom. The summed E-state index contributed by atoms with van der Waals surface area (Å²) >= 11 is 0. The Morgan fingerprint density at radius 3 is 1.93 bits per heavy atom. The SMILES string of the molecule is C=CC=C.CC(C)(C)[NH-].[CH3-].[CH3-].[Si].[Ti+4].c1ccc2c(N3CCCC3)c[cH-]c2c1. The van der Waals surface area contributed by atoms with E-state index in [1.807, 2.05) is 20.8 Å². The van der Waals surface area contributed by atoms with Crippen molar-refractivity contribution in [2.75, 3.05) is 18.0 Å². The third-order valence-corrected chi connectivity index (χ3v) is 3.27. The molecule has 1 fully saturated rings. The van der Waals surface area contributed by atoms with Gasteiger partial charge in [-0.2, -0.15) is 0 Å². The van der Waals surface area contributed by atoms with Crippen molar-refractivity contribution in [3.63, 3.8) is 0 Å². The molecule has 0 aliphatic carbocycles. The molecular weight excluding hydrogens is 380 g/mol. The average Bonchev–Trinajstić information content (AvgIpc) is 3.14. The molecule has 146 valence electrons. The Bertz CT molecular complexity index is 596. The average molecular weight is 417 g/mol. The molecule has 2 aromatic rings. The van der Waals surface area contributed by atoms with Gasteiger partial charge in [0.15, 0.2) is 0 Å². The quantitative estimate of drug-likeness (QED) is 0.298. The first kappa shape index (κ1) is 33.6. The van der Waals surface area contributed by atoms with E-state index in [2.05, 4.69) is 54.5 Å². The number of nitrogens with zero attached hydrogens (tertiary/aromatic N) is 1. The Balaban J connectivity index is -0.000000177. The molecule has 4 radical (unpaired) electrons. The van der Waals surface area contributed by atoms with Gasteiger partial charge < -0.3 is 25.5 Å². The number of nitrogens with one attached hydrogen (secondary N) is 1. The van der Waals surface area contributed by atoms with Crippen molar-refractivity contribution in [1.29, 1.82) is 0 Å². The van der Waals surface area contributed by atoms with E-state index in [0.717, 1.165) is 0 Å². The fraction of sp³-hybridized carbons (Fsp3) is 0.348. The van der Waals surface area contributed by atoms with Crippen LogP contribution < -0.4 is 4.90 Å². The van der Waals surface area contributed by atoms with Crippen LogP contribution in [-0.4, -0.2) is 29.6 Å². The molecule has 0 bridgehead atoms. The van der Waals surface area contributed by atoms with Gasteiger partial charge in [0.05, 0.1) is 0 Å². The molecule has 3 rings (SSSR count). The molecule has 0 aromatic heterocycles. The smallest absolute Gasteiger partial charge is 0.673 e. The number of anilines is 1. The summed E-state index contributed by atoms with van der Waals surface area (Å²) in [5.41, 5.74) is 8.12. The Kier molecular flexibility index (Phi) is 21.3. The topological polar surface area (TPSA) is 27.0 Å². The summed E-state index contributed by atoms with van der Waals surface area (Å²) in [7, 11) is 0. The molecule has 2 aromatic carbocycles. The Morgan fingerprint density at radius 1 is 1.04 bits per heavy atom. The van der Waals surface area contributed by atoms with Gasteiger partial charge in [-0.3, -0.25) is 0 Å². The molecule has 0 saturated carbocycles. The molecule has 1 aliphatic rings. The molecule has 1 heterocycles. The summed E-state index contributed by atoms with van der Waals surface area (Å²) in [6.07, 6.45) is 5.97. The zero-order valence-corrected chi connectivity index (χ0v) is 20.4. The summed E-state index contributed by atoms with van der Waals surface area (Å²) in [6.45, 7) is 14.7. The van der Waals surface area contributed by atoms with Gasteiger partial charge in [-0.15, -0.1) is 46.6 Å². The molecule has 2 nitrogen and oxygen atoms in total. The van der Waals surface area contributed by atoms with Gasteiger partial charge in [-0.05, 0) is 12.8 Å². The normalized spacial score (nSPS) is 11.6. The Hall–Kier alpha value is -0.999. The molecule has 0 amide bonds. The first-order valence-corrected chi connectivity index (χ1v) is 8.24. The third-order valence-electron chi connectivity index (χ3n) is 3.27. The fourth-order valence-corrected chi connectivity index (χ4v) is 2.37. The predicted molar refractivity (Wildman–Crippen MR) is 124 cm³/mol. The van der Waals surface area contributed by atoms with Crippen molar-refractivity contribution in [2.24, 2.45) is 0 Å². The zero-order chi connectivity index (χ0) is 17.3. The number of allylic oxidation sites excluding steroid dienone is 2. The van der Waals surface area contributed by atoms with Gasteiger partial charge in [0.25, 0.3) is 0 Å². The maximum absolute atomic E-state index is 6.94. The number of benzene rings is 1. The van der Waals surface area contributed by atoms with E-state index >= 15 is 0 Å². The maximum atomic E-state index is 6.94. The molecule has 1 N–H and O–H groups in total. The molecular formula is C23H36N2SiTi. The van der Waals surface area contributed by atoms with Crippen molar-refractivity contribution in [3.05, 3.63) is 82.3 Å². The molecule has 27 heavy (non-hydrogen) atoms. The van der Waals surface area contributed by atoms with Crippen LogP contribution >= 0.6 is 0 Å². The molecule has 0 atom stereocenters. The third kappa shape index (κ3) is 13.8. The number of fused-ring (bicyclic) bond motifs is 1. The van der Waals surface area contributed by atoms with Crippen LogP contribution in [0.1, 0.15) is 33.6 Å². The summed E-state index contributed by atoms with van der Waals surface area (Å²) in [4.78, 5) is 2.50. The van der Waals surface area contributed by atoms with Crippen LogP contribution in [0.2, 0.25) is 0 Å². The minimum absolute atomic E-state index is 0. The summed E-state index contributed by atoms with van der Waals surface area (Å²) in [5, 5.41) is 2.78. The number of rotatable bonds is 2. The standard InChI is InChI=1S/C13H14N.C4H10N.C4H6.2CH3.Si.Ti/c1-2-6-12-11(5-1)7-8-13(12)14-9-3-4-10-14;1-4(2,3)5;1-3-4-2;;;;/h1-2,5-8H,3-4,9-10H2;5H,1-3H3;3-4H,1-2H2;2*1H3;;/q2*-1;;2*-1;;+4. The second-order valence-electron chi connectivity index (χ2n) is 6.72. The van der Waals surface area contributed by atoms with Gasteiger partial charge in [-0.25, -0.2) is 0 Å². The monoisotopic (exact) mass is 416 g/mol. The van der Waals surface area contributed by atoms with E-state index in [0.29, 0.717) is 0 Å². The van der Waals surface area contributed by atoms with Gasteiger partial charge in [0, 0.05) is 24.1 Å². The van der Waals surface area contributed by atoms with E-state index in [-0.39, 0.29) is 53.1 Å². The van der Waals surface area contributed by atoms with E-state index in [4.69, 9.17) is 5.73 Å². The van der Waals surface area contributed by atoms with Crippen LogP contribution in [-0.2, 0) is 21.7 Å². The molecule has 0 unspecified atom stereocenters. The van der Waals surface area contributed by atoms with Crippen LogP contribution in [0.3, 0.4) is 0 Å². The number of hydrogen-bond donors (Lipinski definition) is 0. The van der Waals surface area contributed by atoms with Crippen molar-refractivity contribution < 1.29 is 21.7 Å². The van der Waals surface area contributed by atoms with Crippen LogP contribution in [0.25, 0.3) is 16.5 Å². The van der Waals surface area contributed by atoms with Crippen molar-refractivity contribution >= 4 is 27.4 Å². The van der Waals surface area contributed by atoms with E-state index in [1.54, 1.807) is 12.2 Å². The van der Waals surface area contributed by atoms with Crippen molar-refractivity contribution in [3.8, 4) is 0 Å². The largest absolute Gasteiger partial charge is 4.00 e. The van der Waals surface area contributed by atoms with Crippen LogP contribution in [0.15, 0.2) is 61.7 Å². The van der Waals surface area contributed by atoms with Gasteiger partial charge in [0.2, 0.25) is 0 Å². The van der Waals surface area contributed by atoms with E-state index < -0.39 is 0 Å². The zero-order valence-electron chi connectivity index (χ0n) is 17.8. The van der Waals surface area contributed by atoms with Gasteiger partial charge in [0.1, 0.15) is 0 Å². The second-order valence-corrected chi connectivity index (χ2v) is 6.72. The molecule has 1 saturated heterocycles. The van der Waals surface area contributed by atoms with Crippen molar-refractivity contribution in [1.82, 2.24) is 0 Å². The van der Waals surface area contributed by atoms with Crippen LogP contribution in [0, 0.1) is 14.9 Å². The van der Waals surface area contributed by atoms with Gasteiger partial charge >= 0.3 is 21.7 Å². The minimum Gasteiger partial charge on any atom is -0.673 e. The molecule has 0 spiro atoms. The predicted octanol–water partition coefficient (Wildman–Crippen LogP) is 6.87. The fourth-order valence-electron chi connectivity index (χ4n) is 2.37. The van der Waals surface area contributed by atoms with Crippen LogP contribution in [0.4, 0.5) is 5.69 Å². The van der Waals surface area contributed by atoms with Gasteiger partial charge in [-0.1, -0.05) is 57.8 Å². The molecule has 4 heteroatoms. The molecule has 1 aliphatic heterocycles. The van der Waals surface area contributed by atoms with Crippen molar-refractivity contribution in [2.45, 2.75) is 39.2 Å². The summed E-state index contributed by atoms with van der Waals surface area (Å²) in [6, 6.07) is 13.1. The Labute approximate surface area is 188 Å². The van der Waals surface area contributed by atoms with E-state index in [9.17, 15) is 0 Å². The van der Waals surface area contributed by atoms with E-state index in [1.165, 1.54) is 42.4 Å². The van der Waals surface area contributed by atoms with Crippen LogP contribution in [0.5, 0.6) is 0 Å². The first-order chi connectivity index (χ1) is 10.9. The maximum Gasteiger partial charge on any atom is 4.00 e.